The van der Waals surface area contributed by atoms with Crippen LogP contribution in [-0.4, -0.2) is 40.4 Å². The second-order valence-electron chi connectivity index (χ2n) is 5.37. The molecule has 0 saturated heterocycles. The molecular formula is C18H20BrN3O3. The van der Waals surface area contributed by atoms with Crippen molar-refractivity contribution in [2.75, 3.05) is 33.2 Å². The van der Waals surface area contributed by atoms with Gasteiger partial charge < -0.3 is 14.4 Å². The van der Waals surface area contributed by atoms with Gasteiger partial charge in [-0.05, 0) is 45.8 Å². The Morgan fingerprint density at radius 3 is 2.52 bits per heavy atom. The van der Waals surface area contributed by atoms with Crippen LogP contribution in [-0.2, 0) is 0 Å². The number of nitrogens with one attached hydrogen (secondary N) is 1. The van der Waals surface area contributed by atoms with E-state index in [1.54, 1.807) is 31.5 Å². The summed E-state index contributed by atoms with van der Waals surface area (Å²) in [5.74, 6) is 0.674. The fourth-order valence-corrected chi connectivity index (χ4v) is 2.93. The zero-order valence-electron chi connectivity index (χ0n) is 14.5. The molecule has 25 heavy (non-hydrogen) atoms. The van der Waals surface area contributed by atoms with Crippen molar-refractivity contribution in [3.8, 4) is 11.5 Å². The lowest BCUT2D eigenvalue weighted by molar-refractivity contribution is 0.0952. The number of ether oxygens (including phenoxy) is 2. The maximum atomic E-state index is 12.3. The predicted molar refractivity (Wildman–Crippen MR) is 103 cm³/mol. The van der Waals surface area contributed by atoms with Gasteiger partial charge in [0.2, 0.25) is 0 Å². The van der Waals surface area contributed by atoms with Gasteiger partial charge in [0.15, 0.2) is 0 Å². The molecule has 0 atom stereocenters. The number of carbonyl (C=O) groups excluding carboxylic acids is 1. The fraction of sp³-hybridized carbons (Fsp3) is 0.222. The average Bonchev–Trinajstić information content (AvgIpc) is 2.60. The lowest BCUT2D eigenvalue weighted by atomic mass is 10.2. The van der Waals surface area contributed by atoms with Crippen molar-refractivity contribution >= 4 is 33.7 Å². The first-order valence-corrected chi connectivity index (χ1v) is 8.28. The van der Waals surface area contributed by atoms with E-state index in [0.717, 1.165) is 15.7 Å². The first kappa shape index (κ1) is 18.8. The third-order valence-electron chi connectivity index (χ3n) is 3.49. The van der Waals surface area contributed by atoms with E-state index < -0.39 is 0 Å². The molecule has 1 amide bonds. The van der Waals surface area contributed by atoms with Gasteiger partial charge >= 0.3 is 0 Å². The molecular weight excluding hydrogens is 386 g/mol. The smallest absolute Gasteiger partial charge is 0.275 e. The molecule has 2 aromatic carbocycles. The zero-order chi connectivity index (χ0) is 18.4. The number of nitrogens with zero attached hydrogens (tertiary/aromatic N) is 2. The number of amides is 1. The molecule has 0 fully saturated rings. The van der Waals surface area contributed by atoms with Gasteiger partial charge in [-0.3, -0.25) is 4.79 Å². The molecule has 0 aromatic heterocycles. The largest absolute Gasteiger partial charge is 0.497 e. The maximum Gasteiger partial charge on any atom is 0.275 e. The van der Waals surface area contributed by atoms with E-state index in [1.165, 1.54) is 7.11 Å². The van der Waals surface area contributed by atoms with Gasteiger partial charge in [-0.1, -0.05) is 6.07 Å². The van der Waals surface area contributed by atoms with Crippen LogP contribution in [0.1, 0.15) is 15.9 Å². The minimum absolute atomic E-state index is 0.361. The summed E-state index contributed by atoms with van der Waals surface area (Å²) in [5, 5.41) is 4.01. The summed E-state index contributed by atoms with van der Waals surface area (Å²) in [4.78, 5) is 14.3. The van der Waals surface area contributed by atoms with Crippen LogP contribution in [0, 0.1) is 0 Å². The molecule has 0 spiro atoms. The van der Waals surface area contributed by atoms with Crippen molar-refractivity contribution in [1.29, 1.82) is 0 Å². The highest BCUT2D eigenvalue weighted by Gasteiger charge is 2.12. The van der Waals surface area contributed by atoms with Gasteiger partial charge in [0.25, 0.3) is 5.91 Å². The van der Waals surface area contributed by atoms with Crippen molar-refractivity contribution < 1.29 is 14.3 Å². The number of carbonyl (C=O) groups is 1. The lowest BCUT2D eigenvalue weighted by Gasteiger charge is -2.14. The van der Waals surface area contributed by atoms with E-state index in [4.69, 9.17) is 9.47 Å². The molecule has 0 heterocycles. The molecule has 7 heteroatoms. The molecule has 132 valence electrons. The van der Waals surface area contributed by atoms with E-state index in [0.29, 0.717) is 17.1 Å². The van der Waals surface area contributed by atoms with E-state index in [1.807, 2.05) is 37.2 Å². The highest BCUT2D eigenvalue weighted by molar-refractivity contribution is 9.10. The standard InChI is InChI=1S/C18H20BrN3O3/c1-22(2)16-8-5-12(9-15(16)19)11-20-21-18(23)14-7-6-13(24-3)10-17(14)25-4/h5-11H,1-4H3,(H,21,23). The lowest BCUT2D eigenvalue weighted by Crippen LogP contribution is -2.18. The number of methoxy groups -OCH3 is 2. The average molecular weight is 406 g/mol. The number of anilines is 1. The number of halogens is 1. The Labute approximate surface area is 155 Å². The normalized spacial score (nSPS) is 10.6. The molecule has 6 nitrogen and oxygen atoms in total. The Kier molecular flexibility index (Phi) is 6.41. The third kappa shape index (κ3) is 4.73. The summed E-state index contributed by atoms with van der Waals surface area (Å²) in [6.07, 6.45) is 1.58. The molecule has 2 rings (SSSR count). The molecule has 0 bridgehead atoms. The predicted octanol–water partition coefficient (Wildman–Crippen LogP) is 3.30. The quantitative estimate of drug-likeness (QED) is 0.591. The molecule has 0 aliphatic carbocycles. The molecule has 0 unspecified atom stereocenters. The summed E-state index contributed by atoms with van der Waals surface area (Å²) < 4.78 is 11.3. The highest BCUT2D eigenvalue weighted by Crippen LogP contribution is 2.25. The molecule has 0 aliphatic heterocycles. The van der Waals surface area contributed by atoms with Crippen molar-refractivity contribution in [1.82, 2.24) is 5.43 Å². The van der Waals surface area contributed by atoms with Crippen LogP contribution in [0.25, 0.3) is 0 Å². The number of hydrogen-bond acceptors (Lipinski definition) is 5. The summed E-state index contributed by atoms with van der Waals surface area (Å²) in [6, 6.07) is 10.8. The van der Waals surface area contributed by atoms with Crippen molar-refractivity contribution in [3.05, 3.63) is 52.0 Å². The van der Waals surface area contributed by atoms with Gasteiger partial charge in [0.05, 0.1) is 31.7 Å². The van der Waals surface area contributed by atoms with Crippen LogP contribution in [0.3, 0.4) is 0 Å². The van der Waals surface area contributed by atoms with E-state index in [2.05, 4.69) is 26.5 Å². The van der Waals surface area contributed by atoms with E-state index in [-0.39, 0.29) is 5.91 Å². The molecule has 2 aromatic rings. The summed E-state index contributed by atoms with van der Waals surface area (Å²) in [5.41, 5.74) is 4.80. The molecule has 0 aliphatic rings. The first-order valence-electron chi connectivity index (χ1n) is 7.48. The molecule has 0 saturated carbocycles. The van der Waals surface area contributed by atoms with E-state index >= 15 is 0 Å². The summed E-state index contributed by atoms with van der Waals surface area (Å²) >= 11 is 3.52. The number of benzene rings is 2. The Morgan fingerprint density at radius 2 is 1.92 bits per heavy atom. The van der Waals surface area contributed by atoms with Gasteiger partial charge in [0, 0.05) is 24.6 Å². The first-order chi connectivity index (χ1) is 12.0. The van der Waals surface area contributed by atoms with Crippen LogP contribution in [0.2, 0.25) is 0 Å². The zero-order valence-corrected chi connectivity index (χ0v) is 16.1. The van der Waals surface area contributed by atoms with Crippen molar-refractivity contribution in [3.63, 3.8) is 0 Å². The van der Waals surface area contributed by atoms with Gasteiger partial charge in [-0.25, -0.2) is 5.43 Å². The van der Waals surface area contributed by atoms with Crippen LogP contribution < -0.4 is 19.8 Å². The SMILES string of the molecule is COc1ccc(C(=O)NN=Cc2ccc(N(C)C)c(Br)c2)c(OC)c1. The van der Waals surface area contributed by atoms with Crippen LogP contribution in [0.15, 0.2) is 46.0 Å². The minimum Gasteiger partial charge on any atom is -0.497 e. The fourth-order valence-electron chi connectivity index (χ4n) is 2.18. The Morgan fingerprint density at radius 1 is 1.16 bits per heavy atom. The number of hydrogen-bond donors (Lipinski definition) is 1. The minimum atomic E-state index is -0.361. The van der Waals surface area contributed by atoms with E-state index in [9.17, 15) is 4.79 Å². The number of hydrazone groups is 1. The molecule has 1 N–H and O–H groups in total. The molecule has 0 radical (unpaired) electrons. The van der Waals surface area contributed by atoms with Crippen LogP contribution in [0.4, 0.5) is 5.69 Å². The van der Waals surface area contributed by atoms with Gasteiger partial charge in [0.1, 0.15) is 11.5 Å². The highest BCUT2D eigenvalue weighted by atomic mass is 79.9. The summed E-state index contributed by atoms with van der Waals surface area (Å²) in [7, 11) is 6.99. The Balaban J connectivity index is 2.09. The van der Waals surface area contributed by atoms with Crippen molar-refractivity contribution in [2.24, 2.45) is 5.10 Å². The maximum absolute atomic E-state index is 12.3. The second-order valence-corrected chi connectivity index (χ2v) is 6.22. The monoisotopic (exact) mass is 405 g/mol. The van der Waals surface area contributed by atoms with Gasteiger partial charge in [-0.15, -0.1) is 0 Å². The second kappa shape index (κ2) is 8.53. The topological polar surface area (TPSA) is 63.2 Å². The Hall–Kier alpha value is -2.54. The van der Waals surface area contributed by atoms with Crippen LogP contribution >= 0.6 is 15.9 Å². The van der Waals surface area contributed by atoms with Gasteiger partial charge in [-0.2, -0.15) is 5.10 Å². The summed E-state index contributed by atoms with van der Waals surface area (Å²) in [6.45, 7) is 0. The van der Waals surface area contributed by atoms with Crippen molar-refractivity contribution in [2.45, 2.75) is 0 Å². The Bertz CT molecular complexity index is 791. The number of rotatable bonds is 6. The third-order valence-corrected chi connectivity index (χ3v) is 4.12. The van der Waals surface area contributed by atoms with Crippen LogP contribution in [0.5, 0.6) is 11.5 Å².